The zero-order chi connectivity index (χ0) is 24.5. The van der Waals surface area contributed by atoms with Crippen LogP contribution in [0.5, 0.6) is 5.75 Å². The maximum Gasteiger partial charge on any atom is 0.403 e. The first-order chi connectivity index (χ1) is 15.4. The van der Waals surface area contributed by atoms with Crippen LogP contribution in [-0.4, -0.2) is 41.9 Å². The van der Waals surface area contributed by atoms with Crippen LogP contribution >= 0.6 is 0 Å². The number of ether oxygens (including phenoxy) is 1. The van der Waals surface area contributed by atoms with Gasteiger partial charge in [-0.25, -0.2) is 0 Å². The summed E-state index contributed by atoms with van der Waals surface area (Å²) in [5.41, 5.74) is 2.32. The molecular formula is C23H25F5N4O. The summed E-state index contributed by atoms with van der Waals surface area (Å²) in [4.78, 5) is 1.82. The fourth-order valence-corrected chi connectivity index (χ4v) is 3.96. The molecule has 1 aliphatic rings. The molecule has 2 aromatic rings. The van der Waals surface area contributed by atoms with Gasteiger partial charge in [-0.3, -0.25) is 0 Å². The molecule has 2 unspecified atom stereocenters. The van der Waals surface area contributed by atoms with Crippen molar-refractivity contribution in [2.75, 3.05) is 13.6 Å². The van der Waals surface area contributed by atoms with Gasteiger partial charge in [0.05, 0.1) is 22.8 Å². The molecule has 1 aromatic heterocycles. The number of aromatic nitrogens is 1. The van der Waals surface area contributed by atoms with Gasteiger partial charge in [0.2, 0.25) is 0 Å². The van der Waals surface area contributed by atoms with Gasteiger partial charge in [-0.15, -0.1) is 0 Å². The summed E-state index contributed by atoms with van der Waals surface area (Å²) in [5, 5.41) is 13.0. The quantitative estimate of drug-likeness (QED) is 0.533. The van der Waals surface area contributed by atoms with Gasteiger partial charge >= 0.3 is 12.8 Å². The van der Waals surface area contributed by atoms with E-state index in [1.54, 1.807) is 25.4 Å². The first-order valence-corrected chi connectivity index (χ1v) is 10.4. The number of nitriles is 1. The predicted molar refractivity (Wildman–Crippen MR) is 115 cm³/mol. The Bertz CT molecular complexity index is 1110. The lowest BCUT2D eigenvalue weighted by Gasteiger charge is -2.31. The van der Waals surface area contributed by atoms with E-state index in [-0.39, 0.29) is 24.4 Å². The Morgan fingerprint density at radius 3 is 2.45 bits per heavy atom. The zero-order valence-electron chi connectivity index (χ0n) is 18.6. The predicted octanol–water partition coefficient (Wildman–Crippen LogP) is 5.66. The Morgan fingerprint density at radius 1 is 1.21 bits per heavy atom. The first kappa shape index (κ1) is 24.6. The Kier molecular flexibility index (Phi) is 7.03. The van der Waals surface area contributed by atoms with E-state index < -0.39 is 18.8 Å². The summed E-state index contributed by atoms with van der Waals surface area (Å²) < 4.78 is 70.2. The average Bonchev–Trinajstić information content (AvgIpc) is 3.04. The molecule has 0 aliphatic carbocycles. The smallest absolute Gasteiger partial charge is 0.403 e. The van der Waals surface area contributed by atoms with Crippen molar-refractivity contribution in [1.82, 2.24) is 14.8 Å². The molecule has 0 radical (unpaired) electrons. The molecule has 0 saturated carbocycles. The third kappa shape index (κ3) is 5.14. The molecular weight excluding hydrogens is 443 g/mol. The number of likely N-dealkylation sites (N-methyl/N-ethyl adjacent to an activating group) is 1. The minimum atomic E-state index is -4.33. The van der Waals surface area contributed by atoms with Crippen LogP contribution < -0.4 is 10.1 Å². The largest absolute Gasteiger partial charge is 0.435 e. The fraction of sp³-hybridized carbons (Fsp3) is 0.435. The molecule has 3 rings (SSSR count). The van der Waals surface area contributed by atoms with E-state index in [4.69, 9.17) is 0 Å². The maximum absolute atomic E-state index is 12.8. The van der Waals surface area contributed by atoms with Crippen LogP contribution in [0.2, 0.25) is 0 Å². The zero-order valence-corrected chi connectivity index (χ0v) is 18.6. The highest BCUT2D eigenvalue weighted by Gasteiger charge is 2.35. The second-order valence-corrected chi connectivity index (χ2v) is 8.21. The van der Waals surface area contributed by atoms with Crippen molar-refractivity contribution in [1.29, 1.82) is 5.26 Å². The lowest BCUT2D eigenvalue weighted by Crippen LogP contribution is -2.40. The van der Waals surface area contributed by atoms with Crippen molar-refractivity contribution in [2.24, 2.45) is 0 Å². The Hall–Kier alpha value is -3.06. The van der Waals surface area contributed by atoms with Crippen molar-refractivity contribution < 1.29 is 26.7 Å². The van der Waals surface area contributed by atoms with Gasteiger partial charge in [-0.05, 0) is 38.5 Å². The number of alkyl halides is 5. The number of rotatable bonds is 7. The molecule has 0 fully saturated rings. The van der Waals surface area contributed by atoms with Gasteiger partial charge in [-0.2, -0.15) is 27.2 Å². The van der Waals surface area contributed by atoms with Crippen LogP contribution in [0.1, 0.15) is 44.1 Å². The molecule has 1 aromatic carbocycles. The standard InChI is InChI=1S/C23H25F5N4O/c1-13(2)32-20-9-16(33-22(24)25)6-7-17(20)18(10-29)21(32)19-8-5-15(12-31(19)4)11-30-14(3)23(26,27)28/h5-9,12-14,19,22,30H,11H2,1-4H3. The van der Waals surface area contributed by atoms with Gasteiger partial charge in [0.25, 0.3) is 0 Å². The van der Waals surface area contributed by atoms with Gasteiger partial charge < -0.3 is 19.5 Å². The molecule has 178 valence electrons. The molecule has 1 N–H and O–H groups in total. The molecule has 0 bridgehead atoms. The molecule has 1 aliphatic heterocycles. The summed E-state index contributed by atoms with van der Waals surface area (Å²) in [7, 11) is 1.77. The highest BCUT2D eigenvalue weighted by molar-refractivity contribution is 5.89. The van der Waals surface area contributed by atoms with Crippen LogP contribution in [-0.2, 0) is 0 Å². The van der Waals surface area contributed by atoms with Crippen LogP contribution in [0, 0.1) is 11.3 Å². The minimum Gasteiger partial charge on any atom is -0.435 e. The van der Waals surface area contributed by atoms with Gasteiger partial charge in [0.1, 0.15) is 17.9 Å². The maximum atomic E-state index is 12.8. The van der Waals surface area contributed by atoms with Crippen molar-refractivity contribution in [3.05, 3.63) is 53.4 Å². The van der Waals surface area contributed by atoms with Crippen LogP contribution in [0.3, 0.4) is 0 Å². The Balaban J connectivity index is 1.98. The van der Waals surface area contributed by atoms with Gasteiger partial charge in [0.15, 0.2) is 0 Å². The van der Waals surface area contributed by atoms with E-state index in [0.717, 1.165) is 6.92 Å². The fourth-order valence-electron chi connectivity index (χ4n) is 3.96. The molecule has 0 saturated heterocycles. The number of benzene rings is 1. The van der Waals surface area contributed by atoms with Crippen LogP contribution in [0.25, 0.3) is 10.9 Å². The summed E-state index contributed by atoms with van der Waals surface area (Å²) in [6.07, 6.45) is 0.950. The summed E-state index contributed by atoms with van der Waals surface area (Å²) >= 11 is 0. The van der Waals surface area contributed by atoms with E-state index in [0.29, 0.717) is 27.7 Å². The average molecular weight is 468 g/mol. The van der Waals surface area contributed by atoms with E-state index in [9.17, 15) is 27.2 Å². The lowest BCUT2D eigenvalue weighted by molar-refractivity contribution is -0.150. The van der Waals surface area contributed by atoms with E-state index in [2.05, 4.69) is 16.1 Å². The second kappa shape index (κ2) is 9.43. The Labute approximate surface area is 188 Å². The monoisotopic (exact) mass is 468 g/mol. The summed E-state index contributed by atoms with van der Waals surface area (Å²) in [6, 6.07) is 4.58. The van der Waals surface area contributed by atoms with Gasteiger partial charge in [0, 0.05) is 37.3 Å². The minimum absolute atomic E-state index is 0.00692. The number of halogens is 5. The molecule has 0 spiro atoms. The number of nitrogens with one attached hydrogen (secondary N) is 1. The molecule has 2 atom stereocenters. The summed E-state index contributed by atoms with van der Waals surface area (Å²) in [6.45, 7) is 1.96. The van der Waals surface area contributed by atoms with Crippen molar-refractivity contribution in [2.45, 2.75) is 51.7 Å². The molecule has 5 nitrogen and oxygen atoms in total. The Morgan fingerprint density at radius 2 is 1.91 bits per heavy atom. The topological polar surface area (TPSA) is 53.2 Å². The third-order valence-corrected chi connectivity index (χ3v) is 5.55. The SMILES string of the molecule is CC(C)n1c(C2C=CC(CNC(C)C(F)(F)F)=CN2C)c(C#N)c2ccc(OC(F)F)cc21. The number of hydrogen-bond acceptors (Lipinski definition) is 4. The van der Waals surface area contributed by atoms with Crippen molar-refractivity contribution in [3.8, 4) is 11.8 Å². The van der Waals surface area contributed by atoms with E-state index in [1.807, 2.05) is 29.4 Å². The highest BCUT2D eigenvalue weighted by atomic mass is 19.4. The highest BCUT2D eigenvalue weighted by Crippen LogP contribution is 2.38. The normalized spacial score (nSPS) is 17.6. The number of hydrogen-bond donors (Lipinski definition) is 1. The van der Waals surface area contributed by atoms with Crippen LogP contribution in [0.4, 0.5) is 22.0 Å². The van der Waals surface area contributed by atoms with E-state index in [1.165, 1.54) is 12.1 Å². The first-order valence-electron chi connectivity index (χ1n) is 10.4. The number of nitrogens with zero attached hydrogens (tertiary/aromatic N) is 3. The lowest BCUT2D eigenvalue weighted by atomic mass is 10.0. The molecule has 2 heterocycles. The molecule has 0 amide bonds. The number of fused-ring (bicyclic) bond motifs is 1. The van der Waals surface area contributed by atoms with Gasteiger partial charge in [-0.1, -0.05) is 12.2 Å². The van der Waals surface area contributed by atoms with E-state index >= 15 is 0 Å². The van der Waals surface area contributed by atoms with Crippen molar-refractivity contribution >= 4 is 10.9 Å². The molecule has 33 heavy (non-hydrogen) atoms. The summed E-state index contributed by atoms with van der Waals surface area (Å²) in [5.74, 6) is -0.00692. The van der Waals surface area contributed by atoms with Crippen molar-refractivity contribution in [3.63, 3.8) is 0 Å². The molecule has 10 heteroatoms. The second-order valence-electron chi connectivity index (χ2n) is 8.21. The van der Waals surface area contributed by atoms with Crippen LogP contribution in [0.15, 0.2) is 42.1 Å². The third-order valence-electron chi connectivity index (χ3n) is 5.55.